The second-order valence-corrected chi connectivity index (χ2v) is 4.36. The van der Waals surface area contributed by atoms with Crippen molar-refractivity contribution in [2.45, 2.75) is 32.1 Å². The molecule has 1 aliphatic rings. The molecule has 0 bridgehead atoms. The second-order valence-electron chi connectivity index (χ2n) is 4.36. The third-order valence-corrected chi connectivity index (χ3v) is 3.17. The Morgan fingerprint density at radius 2 is 1.88 bits per heavy atom. The van der Waals surface area contributed by atoms with Crippen molar-refractivity contribution in [3.63, 3.8) is 0 Å². The standard InChI is InChI=1S/C14H18O2/c15-14(12-6-4-5-7-12)10-11-16-13-8-2-1-3-9-13/h1-3,8-9,12H,4-7,10-11H2. The average molecular weight is 218 g/mol. The third-order valence-electron chi connectivity index (χ3n) is 3.17. The van der Waals surface area contributed by atoms with Gasteiger partial charge in [0.05, 0.1) is 6.61 Å². The largest absolute Gasteiger partial charge is 0.493 e. The lowest BCUT2D eigenvalue weighted by molar-refractivity contribution is -0.123. The lowest BCUT2D eigenvalue weighted by Gasteiger charge is -2.08. The van der Waals surface area contributed by atoms with E-state index in [4.69, 9.17) is 4.74 Å². The van der Waals surface area contributed by atoms with Crippen LogP contribution < -0.4 is 4.74 Å². The molecular formula is C14H18O2. The molecule has 1 saturated carbocycles. The minimum absolute atomic E-state index is 0.319. The molecular weight excluding hydrogens is 200 g/mol. The van der Waals surface area contributed by atoms with Crippen LogP contribution in [0.25, 0.3) is 0 Å². The second kappa shape index (κ2) is 5.69. The number of benzene rings is 1. The van der Waals surface area contributed by atoms with E-state index in [1.54, 1.807) is 0 Å². The highest BCUT2D eigenvalue weighted by Crippen LogP contribution is 2.26. The van der Waals surface area contributed by atoms with Crippen molar-refractivity contribution >= 4 is 5.78 Å². The maximum atomic E-state index is 11.8. The van der Waals surface area contributed by atoms with E-state index in [1.807, 2.05) is 30.3 Å². The molecule has 2 heteroatoms. The Balaban J connectivity index is 1.70. The van der Waals surface area contributed by atoms with Crippen LogP contribution in [0.4, 0.5) is 0 Å². The van der Waals surface area contributed by atoms with Gasteiger partial charge in [0.2, 0.25) is 0 Å². The molecule has 0 N–H and O–H groups in total. The first kappa shape index (κ1) is 11.2. The highest BCUT2D eigenvalue weighted by atomic mass is 16.5. The Kier molecular flexibility index (Phi) is 3.97. The predicted molar refractivity (Wildman–Crippen MR) is 63.5 cm³/mol. The summed E-state index contributed by atoms with van der Waals surface area (Å²) in [6, 6.07) is 9.67. The zero-order valence-electron chi connectivity index (χ0n) is 9.52. The number of rotatable bonds is 5. The molecule has 0 aromatic heterocycles. The number of ketones is 1. The summed E-state index contributed by atoms with van der Waals surface area (Å²) in [5, 5.41) is 0. The van der Waals surface area contributed by atoms with Gasteiger partial charge in [-0.3, -0.25) is 4.79 Å². The fraction of sp³-hybridized carbons (Fsp3) is 0.500. The van der Waals surface area contributed by atoms with E-state index in [0.29, 0.717) is 24.7 Å². The zero-order chi connectivity index (χ0) is 11.2. The minimum atomic E-state index is 0.319. The van der Waals surface area contributed by atoms with Gasteiger partial charge in [0.15, 0.2) is 0 Å². The third kappa shape index (κ3) is 3.09. The molecule has 1 aliphatic carbocycles. The number of carbonyl (C=O) groups is 1. The minimum Gasteiger partial charge on any atom is -0.493 e. The Bertz CT molecular complexity index is 326. The molecule has 16 heavy (non-hydrogen) atoms. The van der Waals surface area contributed by atoms with E-state index >= 15 is 0 Å². The van der Waals surface area contributed by atoms with E-state index in [2.05, 4.69) is 0 Å². The van der Waals surface area contributed by atoms with Gasteiger partial charge < -0.3 is 4.74 Å². The maximum Gasteiger partial charge on any atom is 0.139 e. The summed E-state index contributed by atoms with van der Waals surface area (Å²) in [5.41, 5.74) is 0. The molecule has 86 valence electrons. The first-order valence-corrected chi connectivity index (χ1v) is 6.07. The lowest BCUT2D eigenvalue weighted by Crippen LogP contribution is -2.14. The predicted octanol–water partition coefficient (Wildman–Crippen LogP) is 3.21. The van der Waals surface area contributed by atoms with Gasteiger partial charge in [-0.15, -0.1) is 0 Å². The van der Waals surface area contributed by atoms with Crippen LogP contribution in [-0.2, 0) is 4.79 Å². The van der Waals surface area contributed by atoms with Crippen LogP contribution in [0.3, 0.4) is 0 Å². The SMILES string of the molecule is O=C(CCOc1ccccc1)C1CCCC1. The zero-order valence-corrected chi connectivity index (χ0v) is 9.52. The van der Waals surface area contributed by atoms with E-state index < -0.39 is 0 Å². The molecule has 1 aromatic rings. The van der Waals surface area contributed by atoms with Crippen molar-refractivity contribution in [2.75, 3.05) is 6.61 Å². The summed E-state index contributed by atoms with van der Waals surface area (Å²) in [6.07, 6.45) is 5.17. The summed E-state index contributed by atoms with van der Waals surface area (Å²) in [5.74, 6) is 1.55. The van der Waals surface area contributed by atoms with Gasteiger partial charge in [0.1, 0.15) is 11.5 Å². The normalized spacial score (nSPS) is 16.2. The number of carbonyl (C=O) groups excluding carboxylic acids is 1. The van der Waals surface area contributed by atoms with Gasteiger partial charge in [0.25, 0.3) is 0 Å². The fourth-order valence-electron chi connectivity index (χ4n) is 2.24. The Morgan fingerprint density at radius 1 is 1.19 bits per heavy atom. The van der Waals surface area contributed by atoms with Crippen LogP contribution >= 0.6 is 0 Å². The quantitative estimate of drug-likeness (QED) is 0.758. The monoisotopic (exact) mass is 218 g/mol. The Labute approximate surface area is 96.6 Å². The summed E-state index contributed by atoms with van der Waals surface area (Å²) >= 11 is 0. The van der Waals surface area contributed by atoms with Gasteiger partial charge in [-0.25, -0.2) is 0 Å². The fourth-order valence-corrected chi connectivity index (χ4v) is 2.24. The first-order chi connectivity index (χ1) is 7.86. The van der Waals surface area contributed by atoms with Gasteiger partial charge in [-0.05, 0) is 25.0 Å². The van der Waals surface area contributed by atoms with Crippen LogP contribution in [0.5, 0.6) is 5.75 Å². The van der Waals surface area contributed by atoms with Crippen LogP contribution in [0.15, 0.2) is 30.3 Å². The van der Waals surface area contributed by atoms with Crippen molar-refractivity contribution in [3.05, 3.63) is 30.3 Å². The Hall–Kier alpha value is -1.31. The number of para-hydroxylation sites is 1. The molecule has 0 unspecified atom stereocenters. The van der Waals surface area contributed by atoms with Crippen LogP contribution in [0.1, 0.15) is 32.1 Å². The van der Waals surface area contributed by atoms with Crippen LogP contribution in [0.2, 0.25) is 0 Å². The van der Waals surface area contributed by atoms with E-state index in [1.165, 1.54) is 12.8 Å². The van der Waals surface area contributed by atoms with Crippen molar-refractivity contribution in [1.29, 1.82) is 0 Å². The lowest BCUT2D eigenvalue weighted by atomic mass is 10.0. The summed E-state index contributed by atoms with van der Waals surface area (Å²) in [7, 11) is 0. The molecule has 0 saturated heterocycles. The summed E-state index contributed by atoms with van der Waals surface area (Å²) in [6.45, 7) is 0.513. The summed E-state index contributed by atoms with van der Waals surface area (Å²) < 4.78 is 5.52. The smallest absolute Gasteiger partial charge is 0.139 e. The molecule has 0 atom stereocenters. The first-order valence-electron chi connectivity index (χ1n) is 6.07. The van der Waals surface area contributed by atoms with Gasteiger partial charge in [-0.2, -0.15) is 0 Å². The molecule has 1 aromatic carbocycles. The van der Waals surface area contributed by atoms with E-state index in [9.17, 15) is 4.79 Å². The molecule has 0 radical (unpaired) electrons. The highest BCUT2D eigenvalue weighted by molar-refractivity contribution is 5.81. The van der Waals surface area contributed by atoms with E-state index in [0.717, 1.165) is 18.6 Å². The van der Waals surface area contributed by atoms with E-state index in [-0.39, 0.29) is 0 Å². The van der Waals surface area contributed by atoms with Crippen LogP contribution in [0, 0.1) is 5.92 Å². The number of ether oxygens (including phenoxy) is 1. The van der Waals surface area contributed by atoms with Crippen LogP contribution in [-0.4, -0.2) is 12.4 Å². The van der Waals surface area contributed by atoms with Gasteiger partial charge in [0, 0.05) is 12.3 Å². The highest BCUT2D eigenvalue weighted by Gasteiger charge is 2.21. The van der Waals surface area contributed by atoms with Gasteiger partial charge in [-0.1, -0.05) is 31.0 Å². The number of Topliss-reactive ketones (excluding diaryl/α,β-unsaturated/α-hetero) is 1. The number of hydrogen-bond acceptors (Lipinski definition) is 2. The van der Waals surface area contributed by atoms with Crippen molar-refractivity contribution in [3.8, 4) is 5.75 Å². The summed E-state index contributed by atoms with van der Waals surface area (Å²) in [4.78, 5) is 11.8. The molecule has 1 fully saturated rings. The molecule has 0 aliphatic heterocycles. The topological polar surface area (TPSA) is 26.3 Å². The van der Waals surface area contributed by atoms with Gasteiger partial charge >= 0.3 is 0 Å². The molecule has 2 rings (SSSR count). The van der Waals surface area contributed by atoms with Crippen molar-refractivity contribution in [1.82, 2.24) is 0 Å². The molecule has 0 amide bonds. The number of hydrogen-bond donors (Lipinski definition) is 0. The molecule has 2 nitrogen and oxygen atoms in total. The van der Waals surface area contributed by atoms with Crippen molar-refractivity contribution in [2.24, 2.45) is 5.92 Å². The average Bonchev–Trinajstić information content (AvgIpc) is 2.84. The molecule has 0 heterocycles. The van der Waals surface area contributed by atoms with Crippen molar-refractivity contribution < 1.29 is 9.53 Å². The Morgan fingerprint density at radius 3 is 2.56 bits per heavy atom. The maximum absolute atomic E-state index is 11.8. The molecule has 0 spiro atoms.